The molecule has 0 radical (unpaired) electrons. The monoisotopic (exact) mass is 377 g/mol. The third kappa shape index (κ3) is 5.45. The van der Waals surface area contributed by atoms with Crippen molar-refractivity contribution in [3.63, 3.8) is 0 Å². The SMILES string of the molecule is O=C(CC1C(=O)NCCN1CC1CCCCC1)NCc1ccc(Cl)cc1. The molecule has 2 amide bonds. The molecule has 1 unspecified atom stereocenters. The summed E-state index contributed by atoms with van der Waals surface area (Å²) >= 11 is 5.88. The van der Waals surface area contributed by atoms with Crippen LogP contribution in [0.25, 0.3) is 0 Å². The van der Waals surface area contributed by atoms with E-state index in [2.05, 4.69) is 15.5 Å². The summed E-state index contributed by atoms with van der Waals surface area (Å²) in [7, 11) is 0. The quantitative estimate of drug-likeness (QED) is 0.801. The number of rotatable bonds is 6. The molecule has 1 saturated carbocycles. The largest absolute Gasteiger partial charge is 0.353 e. The molecular weight excluding hydrogens is 350 g/mol. The Kier molecular flexibility index (Phi) is 6.92. The lowest BCUT2D eigenvalue weighted by atomic mass is 9.88. The maximum Gasteiger partial charge on any atom is 0.237 e. The number of nitrogens with one attached hydrogen (secondary N) is 2. The first-order valence-corrected chi connectivity index (χ1v) is 10.0. The van der Waals surface area contributed by atoms with Gasteiger partial charge < -0.3 is 10.6 Å². The van der Waals surface area contributed by atoms with Gasteiger partial charge in [0.15, 0.2) is 0 Å². The lowest BCUT2D eigenvalue weighted by molar-refractivity contribution is -0.134. The van der Waals surface area contributed by atoms with Crippen LogP contribution >= 0.6 is 11.6 Å². The van der Waals surface area contributed by atoms with E-state index in [1.54, 1.807) is 0 Å². The molecule has 1 heterocycles. The number of carbonyl (C=O) groups excluding carboxylic acids is 2. The summed E-state index contributed by atoms with van der Waals surface area (Å²) in [5, 5.41) is 6.51. The van der Waals surface area contributed by atoms with Crippen molar-refractivity contribution in [2.24, 2.45) is 5.92 Å². The highest BCUT2D eigenvalue weighted by Gasteiger charge is 2.33. The van der Waals surface area contributed by atoms with E-state index in [-0.39, 0.29) is 24.3 Å². The van der Waals surface area contributed by atoms with Gasteiger partial charge in [0.25, 0.3) is 0 Å². The minimum Gasteiger partial charge on any atom is -0.353 e. The maximum atomic E-state index is 12.4. The van der Waals surface area contributed by atoms with Crippen LogP contribution in [0.4, 0.5) is 0 Å². The Hall–Kier alpha value is -1.59. The molecule has 2 aliphatic rings. The molecule has 5 nitrogen and oxygen atoms in total. The number of amides is 2. The maximum absolute atomic E-state index is 12.4. The number of carbonyl (C=O) groups is 2. The first-order chi connectivity index (χ1) is 12.6. The van der Waals surface area contributed by atoms with Gasteiger partial charge in [-0.15, -0.1) is 0 Å². The second-order valence-corrected chi connectivity index (χ2v) is 7.85. The van der Waals surface area contributed by atoms with Gasteiger partial charge in [-0.25, -0.2) is 0 Å². The Labute approximate surface area is 160 Å². The van der Waals surface area contributed by atoms with Gasteiger partial charge in [0.1, 0.15) is 0 Å². The molecule has 3 rings (SSSR count). The van der Waals surface area contributed by atoms with E-state index in [9.17, 15) is 9.59 Å². The van der Waals surface area contributed by atoms with E-state index >= 15 is 0 Å². The molecule has 2 fully saturated rings. The lowest BCUT2D eigenvalue weighted by Crippen LogP contribution is -2.57. The molecule has 26 heavy (non-hydrogen) atoms. The Bertz CT molecular complexity index is 614. The first kappa shape index (κ1) is 19.2. The van der Waals surface area contributed by atoms with Crippen molar-refractivity contribution in [2.75, 3.05) is 19.6 Å². The topological polar surface area (TPSA) is 61.4 Å². The molecule has 1 aliphatic heterocycles. The molecule has 0 aromatic heterocycles. The second kappa shape index (κ2) is 9.38. The molecule has 1 saturated heterocycles. The lowest BCUT2D eigenvalue weighted by Gasteiger charge is -2.37. The number of piperazine rings is 1. The summed E-state index contributed by atoms with van der Waals surface area (Å²) < 4.78 is 0. The second-order valence-electron chi connectivity index (χ2n) is 7.41. The fraction of sp³-hybridized carbons (Fsp3) is 0.600. The van der Waals surface area contributed by atoms with Crippen molar-refractivity contribution in [1.29, 1.82) is 0 Å². The Balaban J connectivity index is 1.52. The molecule has 1 aromatic carbocycles. The normalized spacial score (nSPS) is 22.0. The molecule has 0 bridgehead atoms. The van der Waals surface area contributed by atoms with E-state index in [0.29, 0.717) is 24.0 Å². The molecule has 1 aromatic rings. The van der Waals surface area contributed by atoms with Crippen molar-refractivity contribution in [1.82, 2.24) is 15.5 Å². The highest BCUT2D eigenvalue weighted by atomic mass is 35.5. The molecular formula is C20H28ClN3O2. The summed E-state index contributed by atoms with van der Waals surface area (Å²) in [4.78, 5) is 27.0. The van der Waals surface area contributed by atoms with Crippen LogP contribution in [-0.4, -0.2) is 42.4 Å². The van der Waals surface area contributed by atoms with E-state index in [4.69, 9.17) is 11.6 Å². The van der Waals surface area contributed by atoms with Gasteiger partial charge in [-0.3, -0.25) is 14.5 Å². The smallest absolute Gasteiger partial charge is 0.237 e. The van der Waals surface area contributed by atoms with Gasteiger partial charge in [0, 0.05) is 31.2 Å². The standard InChI is InChI=1S/C20H28ClN3O2/c21-17-8-6-15(7-9-17)13-23-19(25)12-18-20(26)22-10-11-24(18)14-16-4-2-1-3-5-16/h6-9,16,18H,1-5,10-14H2,(H,22,26)(H,23,25). The Morgan fingerprint density at radius 2 is 1.92 bits per heavy atom. The van der Waals surface area contributed by atoms with Crippen LogP contribution < -0.4 is 10.6 Å². The average molecular weight is 378 g/mol. The molecule has 1 atom stereocenters. The van der Waals surface area contributed by atoms with Crippen LogP contribution in [0.2, 0.25) is 5.02 Å². The van der Waals surface area contributed by atoms with Crippen LogP contribution in [0.15, 0.2) is 24.3 Å². The van der Waals surface area contributed by atoms with E-state index < -0.39 is 0 Å². The van der Waals surface area contributed by atoms with Crippen molar-refractivity contribution >= 4 is 23.4 Å². The predicted molar refractivity (Wildman–Crippen MR) is 103 cm³/mol. The zero-order chi connectivity index (χ0) is 18.4. The van der Waals surface area contributed by atoms with Crippen molar-refractivity contribution in [2.45, 2.75) is 51.1 Å². The number of hydrogen-bond acceptors (Lipinski definition) is 3. The predicted octanol–water partition coefficient (Wildman–Crippen LogP) is 2.73. The molecule has 2 N–H and O–H groups in total. The number of nitrogens with zero attached hydrogens (tertiary/aromatic N) is 1. The third-order valence-electron chi connectivity index (χ3n) is 5.44. The Morgan fingerprint density at radius 1 is 1.19 bits per heavy atom. The summed E-state index contributed by atoms with van der Waals surface area (Å²) in [6.07, 6.45) is 6.61. The van der Waals surface area contributed by atoms with Crippen LogP contribution in [0, 0.1) is 5.92 Å². The average Bonchev–Trinajstić information content (AvgIpc) is 2.65. The minimum atomic E-state index is -0.351. The van der Waals surface area contributed by atoms with Crippen LogP contribution in [0.1, 0.15) is 44.1 Å². The summed E-state index contributed by atoms with van der Waals surface area (Å²) in [6, 6.07) is 7.06. The van der Waals surface area contributed by atoms with Crippen LogP contribution in [0.5, 0.6) is 0 Å². The highest BCUT2D eigenvalue weighted by molar-refractivity contribution is 6.30. The fourth-order valence-electron chi connectivity index (χ4n) is 3.95. The third-order valence-corrected chi connectivity index (χ3v) is 5.69. The van der Waals surface area contributed by atoms with Gasteiger partial charge >= 0.3 is 0 Å². The summed E-state index contributed by atoms with van der Waals surface area (Å²) in [5.41, 5.74) is 0.995. The fourth-order valence-corrected chi connectivity index (χ4v) is 4.08. The van der Waals surface area contributed by atoms with Gasteiger partial charge in [0.05, 0.1) is 12.5 Å². The van der Waals surface area contributed by atoms with Gasteiger partial charge in [-0.1, -0.05) is 43.0 Å². The minimum absolute atomic E-state index is 0.0197. The van der Waals surface area contributed by atoms with Crippen LogP contribution in [0.3, 0.4) is 0 Å². The molecule has 6 heteroatoms. The van der Waals surface area contributed by atoms with Gasteiger partial charge in [0.2, 0.25) is 11.8 Å². The molecule has 142 valence electrons. The van der Waals surface area contributed by atoms with Gasteiger partial charge in [-0.05, 0) is 36.5 Å². The first-order valence-electron chi connectivity index (χ1n) is 9.65. The molecule has 0 spiro atoms. The van der Waals surface area contributed by atoms with E-state index in [0.717, 1.165) is 18.7 Å². The van der Waals surface area contributed by atoms with Crippen LogP contribution in [-0.2, 0) is 16.1 Å². The summed E-state index contributed by atoms with van der Waals surface area (Å²) in [6.45, 7) is 2.89. The zero-order valence-corrected chi connectivity index (χ0v) is 15.9. The van der Waals surface area contributed by atoms with Crippen molar-refractivity contribution in [3.8, 4) is 0 Å². The van der Waals surface area contributed by atoms with Crippen molar-refractivity contribution in [3.05, 3.63) is 34.9 Å². The van der Waals surface area contributed by atoms with E-state index in [1.165, 1.54) is 32.1 Å². The highest BCUT2D eigenvalue weighted by Crippen LogP contribution is 2.25. The van der Waals surface area contributed by atoms with Crippen molar-refractivity contribution < 1.29 is 9.59 Å². The number of hydrogen-bond donors (Lipinski definition) is 2. The zero-order valence-electron chi connectivity index (χ0n) is 15.2. The summed E-state index contributed by atoms with van der Waals surface area (Å²) in [5.74, 6) is 0.554. The molecule has 1 aliphatic carbocycles. The number of benzene rings is 1. The van der Waals surface area contributed by atoms with Gasteiger partial charge in [-0.2, -0.15) is 0 Å². The Morgan fingerprint density at radius 3 is 2.65 bits per heavy atom. The number of halogens is 1. The van der Waals surface area contributed by atoms with E-state index in [1.807, 2.05) is 24.3 Å².